The zero-order chi connectivity index (χ0) is 14.0. The second kappa shape index (κ2) is 5.85. The number of benzene rings is 1. The Hall–Kier alpha value is -0.520. The molecule has 0 saturated carbocycles. The first-order valence-electron chi connectivity index (χ1n) is 6.55. The van der Waals surface area contributed by atoms with Crippen molar-refractivity contribution < 1.29 is 8.42 Å². The third kappa shape index (κ3) is 3.15. The van der Waals surface area contributed by atoms with E-state index < -0.39 is 10.0 Å². The summed E-state index contributed by atoms with van der Waals surface area (Å²) in [6, 6.07) is 5.39. The lowest BCUT2D eigenvalue weighted by atomic mass is 10.1. The van der Waals surface area contributed by atoms with E-state index in [1.807, 2.05) is 19.9 Å². The lowest BCUT2D eigenvalue weighted by Gasteiger charge is -2.31. The van der Waals surface area contributed by atoms with Gasteiger partial charge in [-0.05, 0) is 56.2 Å². The maximum Gasteiger partial charge on any atom is 0.243 e. The molecule has 0 amide bonds. The van der Waals surface area contributed by atoms with Crippen molar-refractivity contribution in [1.29, 1.82) is 0 Å². The molecule has 0 aliphatic carbocycles. The second-order valence-electron chi connectivity index (χ2n) is 5.11. The van der Waals surface area contributed by atoms with Crippen molar-refractivity contribution in [2.24, 2.45) is 0 Å². The predicted octanol–water partition coefficient (Wildman–Crippen LogP) is 2.82. The van der Waals surface area contributed by atoms with Gasteiger partial charge < -0.3 is 0 Å². The summed E-state index contributed by atoms with van der Waals surface area (Å²) in [5.74, 6) is 0. The van der Waals surface area contributed by atoms with Crippen LogP contribution in [0.4, 0.5) is 0 Å². The van der Waals surface area contributed by atoms with Crippen molar-refractivity contribution in [2.45, 2.75) is 36.8 Å². The molecule has 1 aromatic rings. The quantitative estimate of drug-likeness (QED) is 0.861. The molecular weight excluding hydrogens is 278 g/mol. The van der Waals surface area contributed by atoms with Crippen LogP contribution in [-0.4, -0.2) is 37.3 Å². The van der Waals surface area contributed by atoms with E-state index in [0.717, 1.165) is 24.0 Å². The number of hydrogen-bond donors (Lipinski definition) is 0. The Bertz CT molecular complexity index is 555. The van der Waals surface area contributed by atoms with Gasteiger partial charge in [0.05, 0.1) is 4.90 Å². The third-order valence-electron chi connectivity index (χ3n) is 3.79. The average Bonchev–Trinajstić information content (AvgIpc) is 2.41. The summed E-state index contributed by atoms with van der Waals surface area (Å²) in [5.41, 5.74) is 2.15. The van der Waals surface area contributed by atoms with E-state index in [2.05, 4.69) is 6.26 Å². The van der Waals surface area contributed by atoms with Crippen LogP contribution < -0.4 is 0 Å². The van der Waals surface area contributed by atoms with Gasteiger partial charge in [-0.2, -0.15) is 16.1 Å². The maximum atomic E-state index is 12.6. The zero-order valence-electron chi connectivity index (χ0n) is 11.7. The molecule has 3 nitrogen and oxygen atoms in total. The van der Waals surface area contributed by atoms with E-state index in [1.54, 1.807) is 28.2 Å². The number of nitrogens with zero attached hydrogens (tertiary/aromatic N) is 1. The van der Waals surface area contributed by atoms with Gasteiger partial charge in [-0.1, -0.05) is 6.07 Å². The van der Waals surface area contributed by atoms with Crippen LogP contribution in [0, 0.1) is 13.8 Å². The average molecular weight is 299 g/mol. The maximum absolute atomic E-state index is 12.6. The van der Waals surface area contributed by atoms with E-state index >= 15 is 0 Å². The monoisotopic (exact) mass is 299 g/mol. The minimum Gasteiger partial charge on any atom is -0.207 e. The van der Waals surface area contributed by atoms with E-state index in [0.29, 0.717) is 23.2 Å². The van der Waals surface area contributed by atoms with E-state index in [-0.39, 0.29) is 0 Å². The molecule has 1 aromatic carbocycles. The van der Waals surface area contributed by atoms with Crippen molar-refractivity contribution in [3.05, 3.63) is 29.3 Å². The number of piperidine rings is 1. The van der Waals surface area contributed by atoms with Gasteiger partial charge >= 0.3 is 0 Å². The summed E-state index contributed by atoms with van der Waals surface area (Å²) in [6.07, 6.45) is 4.12. The molecule has 0 aromatic heterocycles. The smallest absolute Gasteiger partial charge is 0.207 e. The van der Waals surface area contributed by atoms with Gasteiger partial charge in [-0.3, -0.25) is 0 Å². The minimum absolute atomic E-state index is 0.426. The van der Waals surface area contributed by atoms with Crippen LogP contribution >= 0.6 is 11.8 Å². The number of thioether (sulfide) groups is 1. The summed E-state index contributed by atoms with van der Waals surface area (Å²) >= 11 is 1.76. The van der Waals surface area contributed by atoms with Crippen LogP contribution in [0.5, 0.6) is 0 Å². The highest BCUT2D eigenvalue weighted by Crippen LogP contribution is 2.26. The van der Waals surface area contributed by atoms with Crippen molar-refractivity contribution >= 4 is 21.8 Å². The first-order chi connectivity index (χ1) is 8.95. The summed E-state index contributed by atoms with van der Waals surface area (Å²) in [4.78, 5) is 0.428. The molecular formula is C14H21NO2S2. The fourth-order valence-electron chi connectivity index (χ4n) is 2.34. The number of hydrogen-bond acceptors (Lipinski definition) is 3. The summed E-state index contributed by atoms with van der Waals surface area (Å²) in [7, 11) is -3.32. The van der Waals surface area contributed by atoms with Gasteiger partial charge in [0.15, 0.2) is 0 Å². The summed E-state index contributed by atoms with van der Waals surface area (Å²) in [5, 5.41) is 0.426. The molecule has 106 valence electrons. The van der Waals surface area contributed by atoms with Crippen LogP contribution in [0.2, 0.25) is 0 Å². The Morgan fingerprint density at radius 2 is 2.00 bits per heavy atom. The minimum atomic E-state index is -3.32. The molecule has 1 fully saturated rings. The Kier molecular flexibility index (Phi) is 4.58. The Morgan fingerprint density at radius 1 is 1.26 bits per heavy atom. The Labute approximate surface area is 120 Å². The molecule has 1 heterocycles. The standard InChI is InChI=1S/C14H21NO2S2/c1-11-6-7-14(9-12(11)2)19(16,17)15-8-4-5-13(10-15)18-3/h6-7,9,13H,4-5,8,10H2,1-3H3/t13-/m0/s1. The van der Waals surface area contributed by atoms with Gasteiger partial charge in [-0.15, -0.1) is 0 Å². The fraction of sp³-hybridized carbons (Fsp3) is 0.571. The largest absolute Gasteiger partial charge is 0.243 e. The van der Waals surface area contributed by atoms with E-state index in [4.69, 9.17) is 0 Å². The molecule has 0 radical (unpaired) electrons. The number of sulfonamides is 1. The molecule has 0 bridgehead atoms. The highest BCUT2D eigenvalue weighted by atomic mass is 32.2. The normalized spacial score (nSPS) is 21.5. The van der Waals surface area contributed by atoms with Crippen LogP contribution in [0.15, 0.2) is 23.1 Å². The Balaban J connectivity index is 2.28. The van der Waals surface area contributed by atoms with E-state index in [9.17, 15) is 8.42 Å². The second-order valence-corrected chi connectivity index (χ2v) is 8.19. The highest BCUT2D eigenvalue weighted by molar-refractivity contribution is 7.99. The number of rotatable bonds is 3. The molecule has 0 spiro atoms. The zero-order valence-corrected chi connectivity index (χ0v) is 13.4. The lowest BCUT2D eigenvalue weighted by molar-refractivity contribution is 0.353. The Morgan fingerprint density at radius 3 is 2.63 bits per heavy atom. The molecule has 2 rings (SSSR count). The van der Waals surface area contributed by atoms with Crippen LogP contribution in [-0.2, 0) is 10.0 Å². The lowest BCUT2D eigenvalue weighted by Crippen LogP contribution is -2.41. The van der Waals surface area contributed by atoms with Gasteiger partial charge in [-0.25, -0.2) is 8.42 Å². The fourth-order valence-corrected chi connectivity index (χ4v) is 4.77. The molecule has 1 aliphatic rings. The molecule has 1 aliphatic heterocycles. The summed E-state index contributed by atoms with van der Waals surface area (Å²) in [6.45, 7) is 5.23. The molecule has 1 saturated heterocycles. The highest BCUT2D eigenvalue weighted by Gasteiger charge is 2.29. The van der Waals surface area contributed by atoms with Gasteiger partial charge in [0.2, 0.25) is 10.0 Å². The van der Waals surface area contributed by atoms with Crippen LogP contribution in [0.25, 0.3) is 0 Å². The van der Waals surface area contributed by atoms with Crippen LogP contribution in [0.1, 0.15) is 24.0 Å². The molecule has 5 heteroatoms. The predicted molar refractivity (Wildman–Crippen MR) is 81.2 cm³/mol. The van der Waals surface area contributed by atoms with Gasteiger partial charge in [0, 0.05) is 18.3 Å². The van der Waals surface area contributed by atoms with Crippen molar-refractivity contribution in [3.8, 4) is 0 Å². The molecule has 0 N–H and O–H groups in total. The summed E-state index contributed by atoms with van der Waals surface area (Å²) < 4.78 is 26.9. The van der Waals surface area contributed by atoms with Crippen molar-refractivity contribution in [3.63, 3.8) is 0 Å². The first kappa shape index (κ1) is 14.9. The van der Waals surface area contributed by atoms with Crippen LogP contribution in [0.3, 0.4) is 0 Å². The third-order valence-corrected chi connectivity index (χ3v) is 6.70. The molecule has 0 unspecified atom stereocenters. The van der Waals surface area contributed by atoms with Crippen molar-refractivity contribution in [1.82, 2.24) is 4.31 Å². The molecule has 1 atom stereocenters. The number of aryl methyl sites for hydroxylation is 2. The van der Waals surface area contributed by atoms with Gasteiger partial charge in [0.25, 0.3) is 0 Å². The van der Waals surface area contributed by atoms with Crippen molar-refractivity contribution in [2.75, 3.05) is 19.3 Å². The SMILES string of the molecule is CS[C@H]1CCCN(S(=O)(=O)c2ccc(C)c(C)c2)C1. The van der Waals surface area contributed by atoms with E-state index in [1.165, 1.54) is 0 Å². The topological polar surface area (TPSA) is 37.4 Å². The van der Waals surface area contributed by atoms with Gasteiger partial charge in [0.1, 0.15) is 0 Å². The first-order valence-corrected chi connectivity index (χ1v) is 9.28. The molecule has 19 heavy (non-hydrogen) atoms.